The van der Waals surface area contributed by atoms with Gasteiger partial charge in [0.1, 0.15) is 5.88 Å². The van der Waals surface area contributed by atoms with Gasteiger partial charge < -0.3 is 9.39 Å². The van der Waals surface area contributed by atoms with Crippen LogP contribution in [0.4, 0.5) is 0 Å². The van der Waals surface area contributed by atoms with Gasteiger partial charge in [-0.2, -0.15) is 0 Å². The normalized spacial score (nSPS) is 12.1. The minimum atomic E-state index is -2.02. The van der Waals surface area contributed by atoms with Crippen LogP contribution in [0.25, 0.3) is 0 Å². The van der Waals surface area contributed by atoms with Gasteiger partial charge in [0, 0.05) is 0 Å². The predicted octanol–water partition coefficient (Wildman–Crippen LogP) is 0.456. The second-order valence-electron chi connectivity index (χ2n) is 2.75. The Labute approximate surface area is 89.7 Å². The third kappa shape index (κ3) is 5.26. The first-order valence-electron chi connectivity index (χ1n) is 4.22. The molecule has 0 aromatic heterocycles. The summed E-state index contributed by atoms with van der Waals surface area (Å²) in [6.07, 6.45) is 0.131. The van der Waals surface area contributed by atoms with E-state index in [4.69, 9.17) is 4.55 Å². The van der Waals surface area contributed by atoms with Gasteiger partial charge in [-0.15, -0.1) is 5.48 Å². The maximum absolute atomic E-state index is 11.1. The van der Waals surface area contributed by atoms with Crippen molar-refractivity contribution in [3.8, 4) is 0 Å². The number of hydrogen-bond acceptors (Lipinski definition) is 4. The lowest BCUT2D eigenvalue weighted by molar-refractivity contribution is -0.149. The summed E-state index contributed by atoms with van der Waals surface area (Å²) in [6.45, 7) is 0. The Kier molecular flexibility index (Phi) is 4.96. The number of rotatable bonds is 5. The van der Waals surface area contributed by atoms with Gasteiger partial charge in [-0.05, 0) is 5.56 Å². The van der Waals surface area contributed by atoms with Crippen molar-refractivity contribution in [2.75, 3.05) is 5.88 Å². The summed E-state index contributed by atoms with van der Waals surface area (Å²) in [5, 5.41) is 0. The molecule has 5 nitrogen and oxygen atoms in total. The van der Waals surface area contributed by atoms with E-state index >= 15 is 0 Å². The van der Waals surface area contributed by atoms with E-state index in [0.717, 1.165) is 5.56 Å². The molecule has 0 aliphatic heterocycles. The highest BCUT2D eigenvalue weighted by atomic mass is 32.2. The van der Waals surface area contributed by atoms with Gasteiger partial charge in [-0.25, -0.2) is 4.21 Å². The van der Waals surface area contributed by atoms with Crippen molar-refractivity contribution >= 4 is 17.0 Å². The highest BCUT2D eigenvalue weighted by Gasteiger charge is 2.04. The summed E-state index contributed by atoms with van der Waals surface area (Å²) < 4.78 is 18.6. The van der Waals surface area contributed by atoms with Crippen LogP contribution in [0.3, 0.4) is 0 Å². The fourth-order valence-corrected chi connectivity index (χ4v) is 1.12. The molecule has 0 amide bonds. The molecule has 1 unspecified atom stereocenters. The molecular weight excluding hydrogens is 218 g/mol. The molecule has 82 valence electrons. The Bertz CT molecular complexity index is 341. The van der Waals surface area contributed by atoms with Gasteiger partial charge in [-0.1, -0.05) is 30.3 Å². The number of benzene rings is 1. The summed E-state index contributed by atoms with van der Waals surface area (Å²) in [6, 6.07) is 9.08. The Hall–Kier alpha value is -1.24. The standard InChI is InChI=1S/C9H11NO4S/c11-9(14-10-7-15(12)13)6-8-4-2-1-3-5-8/h1-5,10H,6-7H2,(H,12,13). The first kappa shape index (κ1) is 11.8. The smallest absolute Gasteiger partial charge is 0.329 e. The van der Waals surface area contributed by atoms with Crippen LogP contribution in [-0.2, 0) is 27.1 Å². The third-order valence-electron chi connectivity index (χ3n) is 1.56. The largest absolute Gasteiger partial charge is 0.369 e. The predicted molar refractivity (Wildman–Crippen MR) is 55.0 cm³/mol. The molecule has 0 aliphatic rings. The van der Waals surface area contributed by atoms with Crippen LogP contribution in [0.15, 0.2) is 30.3 Å². The zero-order valence-electron chi connectivity index (χ0n) is 7.88. The molecule has 15 heavy (non-hydrogen) atoms. The van der Waals surface area contributed by atoms with Crippen LogP contribution >= 0.6 is 0 Å². The molecule has 0 saturated carbocycles. The van der Waals surface area contributed by atoms with Crippen molar-refractivity contribution in [3.05, 3.63) is 35.9 Å². The fraction of sp³-hybridized carbons (Fsp3) is 0.222. The number of nitrogens with one attached hydrogen (secondary N) is 1. The van der Waals surface area contributed by atoms with Gasteiger partial charge in [0.15, 0.2) is 11.1 Å². The van der Waals surface area contributed by atoms with Gasteiger partial charge >= 0.3 is 5.97 Å². The van der Waals surface area contributed by atoms with Crippen molar-refractivity contribution in [1.29, 1.82) is 0 Å². The highest BCUT2D eigenvalue weighted by Crippen LogP contribution is 1.99. The van der Waals surface area contributed by atoms with Crippen LogP contribution in [0, 0.1) is 0 Å². The first-order valence-corrected chi connectivity index (χ1v) is 5.50. The van der Waals surface area contributed by atoms with Gasteiger partial charge in [0.25, 0.3) is 0 Å². The number of carbonyl (C=O) groups excluding carboxylic acids is 1. The van der Waals surface area contributed by atoms with E-state index in [1.807, 2.05) is 18.2 Å². The molecular formula is C9H11NO4S. The van der Waals surface area contributed by atoms with E-state index in [-0.39, 0.29) is 12.3 Å². The van der Waals surface area contributed by atoms with Crippen LogP contribution in [0.5, 0.6) is 0 Å². The molecule has 2 N–H and O–H groups in total. The lowest BCUT2D eigenvalue weighted by atomic mass is 10.2. The first-order chi connectivity index (χ1) is 7.18. The van der Waals surface area contributed by atoms with Crippen molar-refractivity contribution in [1.82, 2.24) is 5.48 Å². The molecule has 0 spiro atoms. The minimum absolute atomic E-state index is 0.131. The lowest BCUT2D eigenvalue weighted by Crippen LogP contribution is -2.24. The SMILES string of the molecule is O=C(Cc1ccccc1)ONCS(=O)O. The lowest BCUT2D eigenvalue weighted by Gasteiger charge is -2.03. The van der Waals surface area contributed by atoms with Crippen LogP contribution in [0.2, 0.25) is 0 Å². The third-order valence-corrected chi connectivity index (χ3v) is 1.92. The van der Waals surface area contributed by atoms with Gasteiger partial charge in [0.2, 0.25) is 0 Å². The van der Waals surface area contributed by atoms with Crippen molar-refractivity contribution in [2.45, 2.75) is 6.42 Å². The number of carbonyl (C=O) groups is 1. The Morgan fingerprint density at radius 2 is 2.07 bits per heavy atom. The highest BCUT2D eigenvalue weighted by molar-refractivity contribution is 7.79. The Morgan fingerprint density at radius 1 is 1.40 bits per heavy atom. The second-order valence-corrected chi connectivity index (χ2v) is 3.68. The van der Waals surface area contributed by atoms with Crippen LogP contribution in [0.1, 0.15) is 5.56 Å². The summed E-state index contributed by atoms with van der Waals surface area (Å²) in [5.74, 6) is -0.785. The van der Waals surface area contributed by atoms with E-state index in [1.54, 1.807) is 12.1 Å². The zero-order chi connectivity index (χ0) is 11.1. The summed E-state index contributed by atoms with van der Waals surface area (Å²) >= 11 is -2.02. The molecule has 1 atom stereocenters. The molecule has 0 saturated heterocycles. The summed E-state index contributed by atoms with van der Waals surface area (Å²) in [5.41, 5.74) is 2.93. The molecule has 1 aromatic carbocycles. The molecule has 1 rings (SSSR count). The summed E-state index contributed by atoms with van der Waals surface area (Å²) in [4.78, 5) is 15.6. The Morgan fingerprint density at radius 3 is 2.67 bits per heavy atom. The van der Waals surface area contributed by atoms with Gasteiger partial charge in [0.05, 0.1) is 6.42 Å². The van der Waals surface area contributed by atoms with Crippen molar-refractivity contribution in [3.63, 3.8) is 0 Å². The van der Waals surface area contributed by atoms with Crippen molar-refractivity contribution < 1.29 is 18.4 Å². The maximum atomic E-state index is 11.1. The molecule has 0 fully saturated rings. The van der Waals surface area contributed by atoms with E-state index in [1.165, 1.54) is 0 Å². The van der Waals surface area contributed by atoms with E-state index in [2.05, 4.69) is 10.3 Å². The maximum Gasteiger partial charge on any atom is 0.329 e. The van der Waals surface area contributed by atoms with Crippen LogP contribution in [-0.4, -0.2) is 20.6 Å². The molecule has 0 heterocycles. The molecule has 0 aliphatic carbocycles. The second kappa shape index (κ2) is 6.28. The quantitative estimate of drug-likeness (QED) is 0.566. The average Bonchev–Trinajstić information content (AvgIpc) is 2.18. The summed E-state index contributed by atoms with van der Waals surface area (Å²) in [7, 11) is 0. The monoisotopic (exact) mass is 229 g/mol. The molecule has 0 bridgehead atoms. The zero-order valence-corrected chi connectivity index (χ0v) is 8.70. The van der Waals surface area contributed by atoms with E-state index < -0.39 is 17.0 Å². The minimum Gasteiger partial charge on any atom is -0.369 e. The van der Waals surface area contributed by atoms with E-state index in [0.29, 0.717) is 0 Å². The Balaban J connectivity index is 2.28. The van der Waals surface area contributed by atoms with Gasteiger partial charge in [-0.3, -0.25) is 4.79 Å². The topological polar surface area (TPSA) is 75.6 Å². The van der Waals surface area contributed by atoms with Crippen molar-refractivity contribution in [2.24, 2.45) is 0 Å². The molecule has 0 radical (unpaired) electrons. The van der Waals surface area contributed by atoms with Crippen LogP contribution < -0.4 is 5.48 Å². The van der Waals surface area contributed by atoms with E-state index in [9.17, 15) is 9.00 Å². The molecule has 1 aromatic rings. The number of hydrogen-bond donors (Lipinski definition) is 2. The fourth-order valence-electron chi connectivity index (χ4n) is 0.959. The molecule has 6 heteroatoms. The average molecular weight is 229 g/mol. The number of hydroxylamine groups is 1.